The van der Waals surface area contributed by atoms with Gasteiger partial charge in [-0.15, -0.1) is 0 Å². The number of hydrogen-bond donors (Lipinski definition) is 2. The summed E-state index contributed by atoms with van der Waals surface area (Å²) >= 11 is 12.0. The number of nitrogens with one attached hydrogen (secondary N) is 2. The van der Waals surface area contributed by atoms with Crippen LogP contribution in [-0.4, -0.2) is 25.0 Å². The van der Waals surface area contributed by atoms with Crippen LogP contribution in [0.15, 0.2) is 18.2 Å². The number of amidine groups is 1. The molecule has 2 rings (SSSR count). The van der Waals surface area contributed by atoms with Crippen molar-refractivity contribution in [1.29, 1.82) is 0 Å². The lowest BCUT2D eigenvalue weighted by Gasteiger charge is -2.13. The molecule has 1 atom stereocenters. The number of hydrogen-bond acceptors (Lipinski definition) is 2. The van der Waals surface area contributed by atoms with Crippen molar-refractivity contribution < 1.29 is 9.73 Å². The van der Waals surface area contributed by atoms with Gasteiger partial charge in [0.05, 0.1) is 10.0 Å². The molecule has 0 aliphatic carbocycles. The van der Waals surface area contributed by atoms with Gasteiger partial charge >= 0.3 is 0 Å². The minimum atomic E-state index is -0.111. The summed E-state index contributed by atoms with van der Waals surface area (Å²) in [5.74, 6) is 1.50. The van der Waals surface area contributed by atoms with E-state index >= 15 is 0 Å². The molecule has 0 amide bonds. The Labute approximate surface area is 104 Å². The molecule has 0 bridgehead atoms. The van der Waals surface area contributed by atoms with E-state index in [0.717, 1.165) is 18.9 Å². The van der Waals surface area contributed by atoms with E-state index in [4.69, 9.17) is 27.9 Å². The van der Waals surface area contributed by atoms with Crippen LogP contribution in [0.3, 0.4) is 0 Å². The van der Waals surface area contributed by atoms with Crippen LogP contribution in [0.2, 0.25) is 10.0 Å². The molecule has 2 N–H and O–H groups in total. The first-order chi connectivity index (χ1) is 7.68. The SMILES string of the molecule is C[C@@H](Oc1c(Cl)cccc1Cl)C1=[NH+]CCN1. The number of rotatable bonds is 3. The molecule has 1 aliphatic heterocycles. The maximum Gasteiger partial charge on any atom is 0.284 e. The van der Waals surface area contributed by atoms with Gasteiger partial charge in [-0.25, -0.2) is 0 Å². The number of halogens is 2. The molecule has 0 aromatic heterocycles. The molecule has 0 fully saturated rings. The van der Waals surface area contributed by atoms with Crippen molar-refractivity contribution in [3.05, 3.63) is 28.2 Å². The molecule has 0 saturated carbocycles. The first kappa shape index (κ1) is 11.6. The Bertz CT molecular complexity index is 400. The van der Waals surface area contributed by atoms with Gasteiger partial charge in [0, 0.05) is 0 Å². The highest BCUT2D eigenvalue weighted by Crippen LogP contribution is 2.32. The smallest absolute Gasteiger partial charge is 0.284 e. The van der Waals surface area contributed by atoms with Gasteiger partial charge in [0.2, 0.25) is 0 Å². The highest BCUT2D eigenvalue weighted by Gasteiger charge is 2.23. The second kappa shape index (κ2) is 4.93. The molecule has 0 unspecified atom stereocenters. The lowest BCUT2D eigenvalue weighted by atomic mass is 10.3. The molecule has 0 radical (unpaired) electrons. The Morgan fingerprint density at radius 2 is 2.06 bits per heavy atom. The van der Waals surface area contributed by atoms with Crippen LogP contribution in [-0.2, 0) is 0 Å². The Hall–Kier alpha value is -0.930. The summed E-state index contributed by atoms with van der Waals surface area (Å²) in [7, 11) is 0. The van der Waals surface area contributed by atoms with Crippen molar-refractivity contribution in [3.8, 4) is 5.75 Å². The summed E-state index contributed by atoms with van der Waals surface area (Å²) in [5.41, 5.74) is 0. The number of para-hydroxylation sites is 1. The maximum atomic E-state index is 6.02. The quantitative estimate of drug-likeness (QED) is 0.844. The normalized spacial score (nSPS) is 16.6. The summed E-state index contributed by atoms with van der Waals surface area (Å²) in [6.45, 7) is 3.78. The molecular weight excluding hydrogens is 247 g/mol. The van der Waals surface area contributed by atoms with Crippen LogP contribution in [0.4, 0.5) is 0 Å². The van der Waals surface area contributed by atoms with Gasteiger partial charge in [0.25, 0.3) is 5.84 Å². The zero-order valence-electron chi connectivity index (χ0n) is 8.89. The van der Waals surface area contributed by atoms with Crippen LogP contribution in [0, 0.1) is 0 Å². The maximum absolute atomic E-state index is 6.02. The largest absolute Gasteiger partial charge is 0.475 e. The Morgan fingerprint density at radius 1 is 1.38 bits per heavy atom. The highest BCUT2D eigenvalue weighted by molar-refractivity contribution is 6.37. The molecule has 5 heteroatoms. The summed E-state index contributed by atoms with van der Waals surface area (Å²) in [4.78, 5) is 3.21. The number of benzene rings is 1. The van der Waals surface area contributed by atoms with Gasteiger partial charge in [-0.05, 0) is 19.1 Å². The molecule has 0 saturated heterocycles. The van der Waals surface area contributed by atoms with Crippen molar-refractivity contribution in [2.24, 2.45) is 0 Å². The molecule has 0 spiro atoms. The third-order valence-electron chi connectivity index (χ3n) is 2.38. The van der Waals surface area contributed by atoms with Crippen molar-refractivity contribution in [2.45, 2.75) is 13.0 Å². The highest BCUT2D eigenvalue weighted by atomic mass is 35.5. The lowest BCUT2D eigenvalue weighted by Crippen LogP contribution is -2.73. The molecule has 1 aromatic rings. The van der Waals surface area contributed by atoms with Crippen molar-refractivity contribution in [1.82, 2.24) is 5.32 Å². The van der Waals surface area contributed by atoms with Gasteiger partial charge in [-0.1, -0.05) is 29.3 Å². The Kier molecular flexibility index (Phi) is 3.56. The zero-order chi connectivity index (χ0) is 11.5. The standard InChI is InChI=1S/C11H12Cl2N2O/c1-7(11-14-5-6-15-11)16-10-8(12)3-2-4-9(10)13/h2-4,7H,5-6H2,1H3,(H,14,15)/p+1/t7-/m1/s1. The minimum absolute atomic E-state index is 0.111. The minimum Gasteiger partial charge on any atom is -0.475 e. The fourth-order valence-electron chi connectivity index (χ4n) is 1.58. The average molecular weight is 260 g/mol. The van der Waals surface area contributed by atoms with Crippen LogP contribution >= 0.6 is 23.2 Å². The zero-order valence-corrected chi connectivity index (χ0v) is 10.4. The second-order valence-electron chi connectivity index (χ2n) is 3.58. The third-order valence-corrected chi connectivity index (χ3v) is 2.97. The predicted molar refractivity (Wildman–Crippen MR) is 65.4 cm³/mol. The van der Waals surface area contributed by atoms with E-state index in [0.29, 0.717) is 15.8 Å². The van der Waals surface area contributed by atoms with E-state index in [2.05, 4.69) is 10.3 Å². The van der Waals surface area contributed by atoms with Gasteiger partial charge in [0.1, 0.15) is 13.1 Å². The topological polar surface area (TPSA) is 35.2 Å². The first-order valence-electron chi connectivity index (χ1n) is 5.13. The first-order valence-corrected chi connectivity index (χ1v) is 5.89. The van der Waals surface area contributed by atoms with Crippen LogP contribution < -0.4 is 15.0 Å². The average Bonchev–Trinajstić information content (AvgIpc) is 2.76. The Morgan fingerprint density at radius 3 is 2.62 bits per heavy atom. The fourth-order valence-corrected chi connectivity index (χ4v) is 2.06. The van der Waals surface area contributed by atoms with Crippen molar-refractivity contribution >= 4 is 29.0 Å². The summed E-state index contributed by atoms with van der Waals surface area (Å²) in [6, 6.07) is 5.31. The van der Waals surface area contributed by atoms with Crippen molar-refractivity contribution in [3.63, 3.8) is 0 Å². The molecule has 86 valence electrons. The molecule has 3 nitrogen and oxygen atoms in total. The summed E-state index contributed by atoms with van der Waals surface area (Å²) in [6.07, 6.45) is -0.111. The molecular formula is C11H13Cl2N2O+. The summed E-state index contributed by atoms with van der Waals surface area (Å²) < 4.78 is 5.73. The van der Waals surface area contributed by atoms with E-state index in [1.807, 2.05) is 6.92 Å². The monoisotopic (exact) mass is 259 g/mol. The van der Waals surface area contributed by atoms with Gasteiger partial charge in [-0.2, -0.15) is 0 Å². The van der Waals surface area contributed by atoms with E-state index in [9.17, 15) is 0 Å². The fraction of sp³-hybridized carbons (Fsp3) is 0.364. The van der Waals surface area contributed by atoms with Crippen LogP contribution in [0.1, 0.15) is 6.92 Å². The summed E-state index contributed by atoms with van der Waals surface area (Å²) in [5, 5.41) is 4.26. The van der Waals surface area contributed by atoms with Gasteiger partial charge in [-0.3, -0.25) is 10.3 Å². The lowest BCUT2D eigenvalue weighted by molar-refractivity contribution is -0.447. The van der Waals surface area contributed by atoms with E-state index in [1.165, 1.54) is 0 Å². The van der Waals surface area contributed by atoms with Crippen LogP contribution in [0.25, 0.3) is 0 Å². The second-order valence-corrected chi connectivity index (χ2v) is 4.39. The molecule has 1 aromatic carbocycles. The van der Waals surface area contributed by atoms with Crippen molar-refractivity contribution in [2.75, 3.05) is 13.1 Å². The molecule has 1 heterocycles. The molecule has 1 aliphatic rings. The van der Waals surface area contributed by atoms with Gasteiger partial charge in [0.15, 0.2) is 11.9 Å². The van der Waals surface area contributed by atoms with Crippen LogP contribution in [0.5, 0.6) is 5.75 Å². The van der Waals surface area contributed by atoms with E-state index < -0.39 is 0 Å². The number of ether oxygens (including phenoxy) is 1. The molecule has 16 heavy (non-hydrogen) atoms. The van der Waals surface area contributed by atoms with E-state index in [1.54, 1.807) is 18.2 Å². The van der Waals surface area contributed by atoms with E-state index in [-0.39, 0.29) is 6.10 Å². The Balaban J connectivity index is 2.14. The predicted octanol–water partition coefficient (Wildman–Crippen LogP) is 0.843. The van der Waals surface area contributed by atoms with Gasteiger partial charge < -0.3 is 4.74 Å². The third kappa shape index (κ3) is 2.42.